The van der Waals surface area contributed by atoms with E-state index in [4.69, 9.17) is 0 Å². The van der Waals surface area contributed by atoms with Crippen molar-refractivity contribution in [1.82, 2.24) is 15.1 Å². The number of aliphatic imine (C=N–C) groups is 1. The number of hydrogen-bond acceptors (Lipinski definition) is 3. The van der Waals surface area contributed by atoms with Gasteiger partial charge < -0.3 is 10.2 Å². The average molecular weight is 468 g/mol. The molecule has 1 saturated heterocycles. The Kier molecular flexibility index (Phi) is 11.7. The molecule has 1 N–H and O–H groups in total. The van der Waals surface area contributed by atoms with Crippen molar-refractivity contribution in [3.8, 4) is 0 Å². The molecular formula is C14H28F3IN4S. The van der Waals surface area contributed by atoms with Gasteiger partial charge in [0, 0.05) is 37.7 Å². The molecule has 0 amide bonds. The lowest BCUT2D eigenvalue weighted by Gasteiger charge is -2.34. The molecule has 1 heterocycles. The van der Waals surface area contributed by atoms with E-state index in [1.54, 1.807) is 7.05 Å². The average Bonchev–Trinajstić information content (AvgIpc) is 2.45. The van der Waals surface area contributed by atoms with Crippen molar-refractivity contribution in [2.75, 3.05) is 52.6 Å². The van der Waals surface area contributed by atoms with Gasteiger partial charge in [0.2, 0.25) is 0 Å². The molecule has 4 nitrogen and oxygen atoms in total. The Hall–Kier alpha value is 0.1000. The fourth-order valence-corrected chi connectivity index (χ4v) is 3.61. The van der Waals surface area contributed by atoms with Crippen LogP contribution < -0.4 is 5.32 Å². The topological polar surface area (TPSA) is 30.9 Å². The molecule has 0 radical (unpaired) electrons. The Labute approximate surface area is 158 Å². The molecule has 0 aromatic heterocycles. The van der Waals surface area contributed by atoms with Crippen LogP contribution in [0.2, 0.25) is 0 Å². The maximum atomic E-state index is 12.2. The molecule has 1 unspecified atom stereocenters. The van der Waals surface area contributed by atoms with E-state index in [9.17, 15) is 13.2 Å². The molecule has 9 heteroatoms. The maximum Gasteiger partial charge on any atom is 0.401 e. The van der Waals surface area contributed by atoms with Crippen LogP contribution in [-0.2, 0) is 0 Å². The van der Waals surface area contributed by atoms with Gasteiger partial charge in [0.25, 0.3) is 0 Å². The van der Waals surface area contributed by atoms with Gasteiger partial charge in [0.15, 0.2) is 5.96 Å². The number of halogens is 4. The normalized spacial score (nSPS) is 19.7. The molecule has 0 saturated carbocycles. The minimum atomic E-state index is -4.13. The minimum absolute atomic E-state index is 0. The van der Waals surface area contributed by atoms with Gasteiger partial charge in [0.05, 0.1) is 6.54 Å². The molecule has 0 aliphatic carbocycles. The summed E-state index contributed by atoms with van der Waals surface area (Å²) < 4.78 is 36.7. The van der Waals surface area contributed by atoms with Crippen LogP contribution in [0.25, 0.3) is 0 Å². The van der Waals surface area contributed by atoms with Crippen LogP contribution in [0.15, 0.2) is 4.99 Å². The van der Waals surface area contributed by atoms with Crippen molar-refractivity contribution in [3.05, 3.63) is 0 Å². The second kappa shape index (κ2) is 11.6. The predicted octanol–water partition coefficient (Wildman–Crippen LogP) is 2.89. The number of hydrogen-bond donors (Lipinski definition) is 1. The van der Waals surface area contributed by atoms with Crippen molar-refractivity contribution in [2.45, 2.75) is 31.2 Å². The summed E-state index contributed by atoms with van der Waals surface area (Å²) in [4.78, 5) is 7.83. The molecule has 23 heavy (non-hydrogen) atoms. The van der Waals surface area contributed by atoms with E-state index in [-0.39, 0.29) is 24.0 Å². The van der Waals surface area contributed by atoms with Crippen molar-refractivity contribution in [3.63, 3.8) is 0 Å². The lowest BCUT2D eigenvalue weighted by Crippen LogP contribution is -2.48. The molecular weight excluding hydrogens is 440 g/mol. The number of nitrogens with zero attached hydrogens (tertiary/aromatic N) is 3. The molecule has 0 aromatic rings. The summed E-state index contributed by atoms with van der Waals surface area (Å²) in [6.07, 6.45) is -2.33. The predicted molar refractivity (Wildman–Crippen MR) is 103 cm³/mol. The standard InChI is InChI=1S/C14H27F3N4S.HI/c1-4-12-10-21(8-9-22-12)13(18-2)19-6-5-7-20(3)11-14(15,16)17;/h12H,4-11H2,1-3H3,(H,18,19);1H. The third kappa shape index (κ3) is 9.85. The van der Waals surface area contributed by atoms with Gasteiger partial charge in [-0.2, -0.15) is 24.9 Å². The Balaban J connectivity index is 0.00000484. The second-order valence-electron chi connectivity index (χ2n) is 5.53. The summed E-state index contributed by atoms with van der Waals surface area (Å²) in [7, 11) is 3.25. The van der Waals surface area contributed by atoms with Crippen LogP contribution in [0.3, 0.4) is 0 Å². The Morgan fingerprint density at radius 3 is 2.70 bits per heavy atom. The van der Waals surface area contributed by atoms with Gasteiger partial charge in [-0.1, -0.05) is 6.92 Å². The first-order valence-electron chi connectivity index (χ1n) is 7.68. The van der Waals surface area contributed by atoms with Gasteiger partial charge in [-0.05, 0) is 26.4 Å². The zero-order valence-corrected chi connectivity index (χ0v) is 17.2. The molecule has 1 fully saturated rings. The molecule has 0 spiro atoms. The highest BCUT2D eigenvalue weighted by atomic mass is 127. The SMILES string of the molecule is CCC1CN(C(=NC)NCCCN(C)CC(F)(F)F)CCS1.I. The monoisotopic (exact) mass is 468 g/mol. The fourth-order valence-electron chi connectivity index (χ4n) is 2.43. The summed E-state index contributed by atoms with van der Waals surface area (Å²) >= 11 is 1.99. The number of rotatable bonds is 6. The van der Waals surface area contributed by atoms with Crippen molar-refractivity contribution < 1.29 is 13.2 Å². The maximum absolute atomic E-state index is 12.2. The Bertz CT molecular complexity index is 355. The van der Waals surface area contributed by atoms with Gasteiger partial charge in [-0.25, -0.2) is 0 Å². The van der Waals surface area contributed by atoms with Gasteiger partial charge in [0.1, 0.15) is 0 Å². The van der Waals surface area contributed by atoms with E-state index >= 15 is 0 Å². The minimum Gasteiger partial charge on any atom is -0.356 e. The molecule has 0 bridgehead atoms. The van der Waals surface area contributed by atoms with Gasteiger partial charge in [-0.3, -0.25) is 9.89 Å². The quantitative estimate of drug-likeness (QED) is 0.281. The highest BCUT2D eigenvalue weighted by molar-refractivity contribution is 14.0. The summed E-state index contributed by atoms with van der Waals surface area (Å²) in [6, 6.07) is 0. The van der Waals surface area contributed by atoms with Crippen LogP contribution in [-0.4, -0.2) is 79.8 Å². The smallest absolute Gasteiger partial charge is 0.356 e. The molecule has 1 rings (SSSR count). The van der Waals surface area contributed by atoms with Crippen LogP contribution in [0.1, 0.15) is 19.8 Å². The number of thioether (sulfide) groups is 1. The first kappa shape index (κ1) is 23.1. The number of guanidine groups is 1. The van der Waals surface area contributed by atoms with Gasteiger partial charge >= 0.3 is 6.18 Å². The third-order valence-electron chi connectivity index (χ3n) is 3.55. The molecule has 1 aliphatic heterocycles. The first-order valence-corrected chi connectivity index (χ1v) is 8.73. The Morgan fingerprint density at radius 1 is 1.43 bits per heavy atom. The van der Waals surface area contributed by atoms with Crippen LogP contribution in [0, 0.1) is 0 Å². The summed E-state index contributed by atoms with van der Waals surface area (Å²) in [6.45, 7) is 4.33. The van der Waals surface area contributed by atoms with E-state index in [0.717, 1.165) is 31.2 Å². The second-order valence-corrected chi connectivity index (χ2v) is 6.94. The van der Waals surface area contributed by atoms with E-state index in [1.165, 1.54) is 11.9 Å². The summed E-state index contributed by atoms with van der Waals surface area (Å²) in [5.41, 5.74) is 0. The van der Waals surface area contributed by atoms with Gasteiger partial charge in [-0.15, -0.1) is 24.0 Å². The highest BCUT2D eigenvalue weighted by Gasteiger charge is 2.28. The number of nitrogens with one attached hydrogen (secondary N) is 1. The van der Waals surface area contributed by atoms with E-state index in [2.05, 4.69) is 22.1 Å². The zero-order valence-electron chi connectivity index (χ0n) is 14.0. The van der Waals surface area contributed by atoms with Crippen molar-refractivity contribution >= 4 is 41.7 Å². The fraction of sp³-hybridized carbons (Fsp3) is 0.929. The molecule has 138 valence electrons. The lowest BCUT2D eigenvalue weighted by molar-refractivity contribution is -0.143. The summed E-state index contributed by atoms with van der Waals surface area (Å²) in [5.74, 6) is 1.95. The third-order valence-corrected chi connectivity index (χ3v) is 4.93. The number of alkyl halides is 3. The van der Waals surface area contributed by atoms with Crippen LogP contribution in [0.4, 0.5) is 13.2 Å². The molecule has 1 aliphatic rings. The lowest BCUT2D eigenvalue weighted by atomic mass is 10.3. The van der Waals surface area contributed by atoms with Crippen LogP contribution in [0.5, 0.6) is 0 Å². The molecule has 0 aromatic carbocycles. The van der Waals surface area contributed by atoms with Crippen LogP contribution >= 0.6 is 35.7 Å². The zero-order chi connectivity index (χ0) is 16.6. The van der Waals surface area contributed by atoms with Crippen molar-refractivity contribution in [1.29, 1.82) is 0 Å². The largest absolute Gasteiger partial charge is 0.401 e. The highest BCUT2D eigenvalue weighted by Crippen LogP contribution is 2.21. The van der Waals surface area contributed by atoms with E-state index in [0.29, 0.717) is 24.8 Å². The Morgan fingerprint density at radius 2 is 2.13 bits per heavy atom. The first-order chi connectivity index (χ1) is 10.4. The molecule has 1 atom stereocenters. The van der Waals surface area contributed by atoms with E-state index in [1.807, 2.05) is 11.8 Å². The summed E-state index contributed by atoms with van der Waals surface area (Å²) in [5, 5.41) is 3.89. The van der Waals surface area contributed by atoms with E-state index < -0.39 is 12.7 Å². The van der Waals surface area contributed by atoms with Crippen molar-refractivity contribution in [2.24, 2.45) is 4.99 Å².